The third-order valence-electron chi connectivity index (χ3n) is 5.54. The lowest BCUT2D eigenvalue weighted by Crippen LogP contribution is -2.47. The molecule has 0 aromatic heterocycles. The van der Waals surface area contributed by atoms with Gasteiger partial charge in [0.1, 0.15) is 0 Å². The average Bonchev–Trinajstić information content (AvgIpc) is 2.65. The first-order valence-electron chi connectivity index (χ1n) is 9.43. The van der Waals surface area contributed by atoms with Gasteiger partial charge in [-0.1, -0.05) is 60.7 Å². The van der Waals surface area contributed by atoms with Gasteiger partial charge >= 0.3 is 0 Å². The molecule has 1 fully saturated rings. The second-order valence-corrected chi connectivity index (χ2v) is 7.29. The van der Waals surface area contributed by atoms with E-state index in [1.807, 2.05) is 12.2 Å². The zero-order valence-electron chi connectivity index (χ0n) is 16.1. The van der Waals surface area contributed by atoms with Gasteiger partial charge in [0.05, 0.1) is 0 Å². The Morgan fingerprint density at radius 3 is 1.54 bits per heavy atom. The lowest BCUT2D eigenvalue weighted by molar-refractivity contribution is 0.0616. The van der Waals surface area contributed by atoms with Gasteiger partial charge in [-0.3, -0.25) is 9.80 Å². The van der Waals surface area contributed by atoms with Crippen LogP contribution in [0.2, 0.25) is 0 Å². The SMILES string of the molecule is C=CCc1ccccc1[C@@H]1CN(C)[C@H](c2ccccc2CC=C)CN1C. The molecule has 2 nitrogen and oxygen atoms in total. The molecule has 0 aliphatic carbocycles. The van der Waals surface area contributed by atoms with Crippen LogP contribution in [0.1, 0.15) is 34.3 Å². The third kappa shape index (κ3) is 3.82. The molecule has 3 rings (SSSR count). The fraction of sp³-hybridized carbons (Fsp3) is 0.333. The highest BCUT2D eigenvalue weighted by Crippen LogP contribution is 2.35. The molecule has 1 aliphatic heterocycles. The van der Waals surface area contributed by atoms with Gasteiger partial charge in [-0.25, -0.2) is 0 Å². The number of piperazine rings is 1. The molecule has 2 heteroatoms. The van der Waals surface area contributed by atoms with E-state index in [0.29, 0.717) is 12.1 Å². The molecule has 0 radical (unpaired) electrons. The molecule has 1 saturated heterocycles. The molecule has 0 amide bonds. The summed E-state index contributed by atoms with van der Waals surface area (Å²) in [7, 11) is 4.51. The Bertz CT molecular complexity index is 699. The lowest BCUT2D eigenvalue weighted by Gasteiger charge is -2.44. The Balaban J connectivity index is 1.87. The van der Waals surface area contributed by atoms with Crippen LogP contribution in [0.15, 0.2) is 73.8 Å². The van der Waals surface area contributed by atoms with E-state index in [1.54, 1.807) is 0 Å². The van der Waals surface area contributed by atoms with Crippen molar-refractivity contribution in [3.63, 3.8) is 0 Å². The van der Waals surface area contributed by atoms with E-state index < -0.39 is 0 Å². The minimum absolute atomic E-state index is 0.416. The van der Waals surface area contributed by atoms with Crippen molar-refractivity contribution in [2.75, 3.05) is 27.2 Å². The summed E-state index contributed by atoms with van der Waals surface area (Å²) in [6.45, 7) is 9.90. The average molecular weight is 347 g/mol. The number of rotatable bonds is 6. The Morgan fingerprint density at radius 1 is 0.769 bits per heavy atom. The van der Waals surface area contributed by atoms with Crippen LogP contribution in [0.5, 0.6) is 0 Å². The predicted octanol–water partition coefficient (Wildman–Crippen LogP) is 4.80. The van der Waals surface area contributed by atoms with E-state index in [-0.39, 0.29) is 0 Å². The number of hydrogen-bond acceptors (Lipinski definition) is 2. The van der Waals surface area contributed by atoms with Crippen molar-refractivity contribution in [1.29, 1.82) is 0 Å². The molecule has 136 valence electrons. The normalized spacial score (nSPS) is 21.5. The number of allylic oxidation sites excluding steroid dienone is 2. The molecule has 0 unspecified atom stereocenters. The quantitative estimate of drug-likeness (QED) is 0.693. The van der Waals surface area contributed by atoms with Crippen molar-refractivity contribution >= 4 is 0 Å². The van der Waals surface area contributed by atoms with E-state index in [1.165, 1.54) is 22.3 Å². The maximum atomic E-state index is 3.92. The van der Waals surface area contributed by atoms with E-state index >= 15 is 0 Å². The van der Waals surface area contributed by atoms with Crippen LogP contribution in [-0.4, -0.2) is 37.0 Å². The summed E-state index contributed by atoms with van der Waals surface area (Å²) in [4.78, 5) is 5.02. The molecule has 2 aromatic rings. The van der Waals surface area contributed by atoms with Crippen LogP contribution in [0.25, 0.3) is 0 Å². The number of nitrogens with zero attached hydrogens (tertiary/aromatic N) is 2. The maximum Gasteiger partial charge on any atom is 0.0475 e. The number of benzene rings is 2. The van der Waals surface area contributed by atoms with E-state index in [2.05, 4.69) is 85.6 Å². The number of hydrogen-bond donors (Lipinski definition) is 0. The lowest BCUT2D eigenvalue weighted by atomic mass is 9.90. The van der Waals surface area contributed by atoms with Crippen LogP contribution in [0.3, 0.4) is 0 Å². The first-order chi connectivity index (χ1) is 12.7. The van der Waals surface area contributed by atoms with Gasteiger partial charge in [0.2, 0.25) is 0 Å². The highest BCUT2D eigenvalue weighted by Gasteiger charge is 2.33. The summed E-state index contributed by atoms with van der Waals surface area (Å²) in [5.41, 5.74) is 5.63. The largest absolute Gasteiger partial charge is 0.296 e. The van der Waals surface area contributed by atoms with Crippen molar-refractivity contribution in [1.82, 2.24) is 9.80 Å². The minimum atomic E-state index is 0.416. The summed E-state index contributed by atoms with van der Waals surface area (Å²) in [5.74, 6) is 0. The molecule has 0 saturated carbocycles. The summed E-state index contributed by atoms with van der Waals surface area (Å²) in [6, 6.07) is 18.4. The zero-order chi connectivity index (χ0) is 18.5. The predicted molar refractivity (Wildman–Crippen MR) is 111 cm³/mol. The molecule has 1 heterocycles. The van der Waals surface area contributed by atoms with Crippen LogP contribution in [0.4, 0.5) is 0 Å². The Morgan fingerprint density at radius 2 is 1.15 bits per heavy atom. The molecule has 26 heavy (non-hydrogen) atoms. The fourth-order valence-electron chi connectivity index (χ4n) is 4.15. The van der Waals surface area contributed by atoms with Gasteiger partial charge in [0.15, 0.2) is 0 Å². The van der Waals surface area contributed by atoms with Gasteiger partial charge in [-0.05, 0) is 49.2 Å². The molecular formula is C24H30N2. The van der Waals surface area contributed by atoms with Gasteiger partial charge in [0.25, 0.3) is 0 Å². The third-order valence-corrected chi connectivity index (χ3v) is 5.54. The summed E-state index contributed by atoms with van der Waals surface area (Å²) in [6.07, 6.45) is 5.85. The standard InChI is InChI=1S/C24H30N2/c1-5-11-19-13-7-9-15-21(19)23-17-26(4)24(18-25(23)3)22-16-10-8-14-20(22)12-6-2/h5-10,13-16,23-24H,1-2,11-12,17-18H2,3-4H3/t23-,24-/m0/s1. The second kappa shape index (κ2) is 8.48. The van der Waals surface area contributed by atoms with Gasteiger partial charge in [0, 0.05) is 25.2 Å². The van der Waals surface area contributed by atoms with Crippen molar-refractivity contribution < 1.29 is 0 Å². The van der Waals surface area contributed by atoms with Gasteiger partial charge in [-0.15, -0.1) is 13.2 Å². The van der Waals surface area contributed by atoms with E-state index in [0.717, 1.165) is 25.9 Å². The van der Waals surface area contributed by atoms with Crippen molar-refractivity contribution in [3.8, 4) is 0 Å². The van der Waals surface area contributed by atoms with E-state index in [9.17, 15) is 0 Å². The van der Waals surface area contributed by atoms with Crippen LogP contribution in [0, 0.1) is 0 Å². The highest BCUT2D eigenvalue weighted by atomic mass is 15.3. The van der Waals surface area contributed by atoms with Crippen LogP contribution < -0.4 is 0 Å². The summed E-state index contributed by atoms with van der Waals surface area (Å²) in [5, 5.41) is 0. The first-order valence-corrected chi connectivity index (χ1v) is 9.43. The monoisotopic (exact) mass is 346 g/mol. The van der Waals surface area contributed by atoms with Crippen molar-refractivity contribution in [3.05, 3.63) is 96.1 Å². The Hall–Kier alpha value is -2.16. The van der Waals surface area contributed by atoms with Gasteiger partial charge < -0.3 is 0 Å². The first kappa shape index (κ1) is 18.6. The number of likely N-dealkylation sites (N-methyl/N-ethyl adjacent to an activating group) is 2. The van der Waals surface area contributed by atoms with Gasteiger partial charge in [-0.2, -0.15) is 0 Å². The molecule has 1 aliphatic rings. The van der Waals surface area contributed by atoms with Crippen molar-refractivity contribution in [2.24, 2.45) is 0 Å². The Kier molecular flexibility index (Phi) is 6.08. The van der Waals surface area contributed by atoms with Crippen LogP contribution in [-0.2, 0) is 12.8 Å². The topological polar surface area (TPSA) is 6.48 Å². The molecule has 0 spiro atoms. The fourth-order valence-corrected chi connectivity index (χ4v) is 4.15. The molecule has 2 aromatic carbocycles. The smallest absolute Gasteiger partial charge is 0.0475 e. The molecule has 2 atom stereocenters. The van der Waals surface area contributed by atoms with Crippen LogP contribution >= 0.6 is 0 Å². The zero-order valence-corrected chi connectivity index (χ0v) is 16.1. The van der Waals surface area contributed by atoms with Crippen molar-refractivity contribution in [2.45, 2.75) is 24.9 Å². The molecule has 0 N–H and O–H groups in total. The maximum absolute atomic E-state index is 3.92. The highest BCUT2D eigenvalue weighted by molar-refractivity contribution is 5.35. The summed E-state index contributed by atoms with van der Waals surface area (Å²) < 4.78 is 0. The second-order valence-electron chi connectivity index (χ2n) is 7.29. The van der Waals surface area contributed by atoms with E-state index in [4.69, 9.17) is 0 Å². The summed E-state index contributed by atoms with van der Waals surface area (Å²) >= 11 is 0. The molecule has 0 bridgehead atoms. The Labute approximate surface area is 158 Å². The molecular weight excluding hydrogens is 316 g/mol. The minimum Gasteiger partial charge on any atom is -0.296 e.